The molecule has 0 aliphatic heterocycles. The van der Waals surface area contributed by atoms with E-state index in [-0.39, 0.29) is 0 Å². The van der Waals surface area contributed by atoms with Crippen LogP contribution in [-0.2, 0) is 0 Å². The summed E-state index contributed by atoms with van der Waals surface area (Å²) in [5, 5.41) is 11.4. The Morgan fingerprint density at radius 1 is 0.913 bits per heavy atom. The second-order valence-corrected chi connectivity index (χ2v) is 6.07. The molecule has 3 aromatic carbocycles. The molecule has 0 saturated heterocycles. The summed E-state index contributed by atoms with van der Waals surface area (Å²) in [4.78, 5) is 0. The number of para-hydroxylation sites is 2. The molecule has 0 saturated carbocycles. The largest absolute Gasteiger partial charge is 0.308 e. The van der Waals surface area contributed by atoms with Gasteiger partial charge in [-0.25, -0.2) is 4.39 Å². The summed E-state index contributed by atoms with van der Waals surface area (Å²) in [6.45, 7) is 0. The van der Waals surface area contributed by atoms with Crippen molar-refractivity contribution in [3.8, 4) is 11.8 Å². The number of rotatable bonds is 1. The van der Waals surface area contributed by atoms with E-state index in [2.05, 4.69) is 15.9 Å². The van der Waals surface area contributed by atoms with Gasteiger partial charge in [0.15, 0.2) is 0 Å². The second kappa shape index (κ2) is 5.22. The molecular weight excluding hydrogens is 355 g/mol. The molecule has 1 heterocycles. The SMILES string of the molecule is N#Cc1cc(F)c(Br)c(-n2c3ccccc3c3ccccc32)c1. The Kier molecular flexibility index (Phi) is 3.17. The minimum Gasteiger partial charge on any atom is -0.308 e. The summed E-state index contributed by atoms with van der Waals surface area (Å²) >= 11 is 3.33. The summed E-state index contributed by atoms with van der Waals surface area (Å²) in [7, 11) is 0. The van der Waals surface area contributed by atoms with Crippen LogP contribution in [0, 0.1) is 17.1 Å². The Morgan fingerprint density at radius 3 is 2.04 bits per heavy atom. The van der Waals surface area contributed by atoms with Gasteiger partial charge in [-0.05, 0) is 40.2 Å². The van der Waals surface area contributed by atoms with Crippen molar-refractivity contribution >= 4 is 37.7 Å². The number of fused-ring (bicyclic) bond motifs is 3. The van der Waals surface area contributed by atoms with E-state index < -0.39 is 5.82 Å². The summed E-state index contributed by atoms with van der Waals surface area (Å²) in [5.74, 6) is -0.444. The van der Waals surface area contributed by atoms with Crippen LogP contribution in [0.25, 0.3) is 27.5 Å². The van der Waals surface area contributed by atoms with Gasteiger partial charge in [0.25, 0.3) is 0 Å². The van der Waals surface area contributed by atoms with E-state index in [1.165, 1.54) is 6.07 Å². The van der Waals surface area contributed by atoms with Gasteiger partial charge < -0.3 is 4.57 Å². The lowest BCUT2D eigenvalue weighted by Crippen LogP contribution is -1.98. The lowest BCUT2D eigenvalue weighted by Gasteiger charge is -2.11. The van der Waals surface area contributed by atoms with E-state index in [1.54, 1.807) is 6.07 Å². The Balaban J connectivity index is 2.22. The van der Waals surface area contributed by atoms with E-state index >= 15 is 0 Å². The topological polar surface area (TPSA) is 28.7 Å². The monoisotopic (exact) mass is 364 g/mol. The molecule has 1 aromatic heterocycles. The Bertz CT molecular complexity index is 1050. The molecule has 110 valence electrons. The molecule has 23 heavy (non-hydrogen) atoms. The predicted molar refractivity (Wildman–Crippen MR) is 93.2 cm³/mol. The lowest BCUT2D eigenvalue weighted by molar-refractivity contribution is 0.619. The Hall–Kier alpha value is -2.64. The smallest absolute Gasteiger partial charge is 0.140 e. The van der Waals surface area contributed by atoms with Gasteiger partial charge in [0.05, 0.1) is 32.8 Å². The zero-order valence-electron chi connectivity index (χ0n) is 11.9. The third-order valence-electron chi connectivity index (χ3n) is 3.96. The first-order chi connectivity index (χ1) is 11.2. The fraction of sp³-hybridized carbons (Fsp3) is 0. The number of halogens is 2. The van der Waals surface area contributed by atoms with Gasteiger partial charge in [0.1, 0.15) is 5.82 Å². The van der Waals surface area contributed by atoms with Gasteiger partial charge in [-0.1, -0.05) is 36.4 Å². The highest BCUT2D eigenvalue weighted by molar-refractivity contribution is 9.10. The number of benzene rings is 3. The molecule has 0 amide bonds. The molecule has 0 N–H and O–H groups in total. The van der Waals surface area contributed by atoms with Gasteiger partial charge in [0.2, 0.25) is 0 Å². The van der Waals surface area contributed by atoms with Crippen molar-refractivity contribution in [3.63, 3.8) is 0 Å². The maximum atomic E-state index is 14.2. The fourth-order valence-electron chi connectivity index (χ4n) is 2.98. The summed E-state index contributed by atoms with van der Waals surface area (Å²) < 4.78 is 16.5. The standard InChI is InChI=1S/C19H10BrFN2/c20-19-15(21)9-12(11-22)10-18(19)23-16-7-3-1-5-13(16)14-6-2-4-8-17(14)23/h1-10H. The molecule has 4 heteroatoms. The molecule has 4 aromatic rings. The minimum atomic E-state index is -0.444. The van der Waals surface area contributed by atoms with Crippen LogP contribution in [0.2, 0.25) is 0 Å². The van der Waals surface area contributed by atoms with E-state index in [4.69, 9.17) is 5.26 Å². The number of hydrogen-bond donors (Lipinski definition) is 0. The average molecular weight is 365 g/mol. The number of aromatic nitrogens is 1. The van der Waals surface area contributed by atoms with E-state index in [0.717, 1.165) is 21.8 Å². The van der Waals surface area contributed by atoms with Crippen molar-refractivity contribution in [3.05, 3.63) is 76.5 Å². The molecule has 0 spiro atoms. The number of nitrogens with zero attached hydrogens (tertiary/aromatic N) is 2. The highest BCUT2D eigenvalue weighted by Crippen LogP contribution is 2.35. The molecule has 2 nitrogen and oxygen atoms in total. The second-order valence-electron chi connectivity index (χ2n) is 5.27. The number of hydrogen-bond acceptors (Lipinski definition) is 1. The predicted octanol–water partition coefficient (Wildman–Crippen LogP) is 5.56. The van der Waals surface area contributed by atoms with Crippen LogP contribution < -0.4 is 0 Å². The van der Waals surface area contributed by atoms with Gasteiger partial charge >= 0.3 is 0 Å². The van der Waals surface area contributed by atoms with Crippen LogP contribution in [0.15, 0.2) is 65.1 Å². The molecule has 0 unspecified atom stereocenters. The minimum absolute atomic E-state index is 0.294. The van der Waals surface area contributed by atoms with Crippen LogP contribution in [0.4, 0.5) is 4.39 Å². The molecule has 0 bridgehead atoms. The van der Waals surface area contributed by atoms with Gasteiger partial charge in [-0.3, -0.25) is 0 Å². The van der Waals surface area contributed by atoms with E-state index in [0.29, 0.717) is 15.7 Å². The maximum absolute atomic E-state index is 14.2. The van der Waals surface area contributed by atoms with Crippen molar-refractivity contribution < 1.29 is 4.39 Å². The summed E-state index contributed by atoms with van der Waals surface area (Å²) in [6, 6.07) is 20.9. The van der Waals surface area contributed by atoms with Crippen molar-refractivity contribution in [2.75, 3.05) is 0 Å². The first kappa shape index (κ1) is 14.0. The van der Waals surface area contributed by atoms with Gasteiger partial charge in [-0.15, -0.1) is 0 Å². The summed E-state index contributed by atoms with van der Waals surface area (Å²) in [5.41, 5.74) is 2.87. The van der Waals surface area contributed by atoms with Crippen LogP contribution in [0.1, 0.15) is 5.56 Å². The molecular formula is C19H10BrFN2. The van der Waals surface area contributed by atoms with E-state index in [1.807, 2.05) is 59.2 Å². The van der Waals surface area contributed by atoms with Crippen molar-refractivity contribution in [2.45, 2.75) is 0 Å². The van der Waals surface area contributed by atoms with Crippen molar-refractivity contribution in [1.82, 2.24) is 4.57 Å². The normalized spacial score (nSPS) is 11.0. The first-order valence-electron chi connectivity index (χ1n) is 7.08. The van der Waals surface area contributed by atoms with Crippen LogP contribution in [0.5, 0.6) is 0 Å². The zero-order valence-corrected chi connectivity index (χ0v) is 13.5. The third-order valence-corrected chi connectivity index (χ3v) is 4.74. The maximum Gasteiger partial charge on any atom is 0.140 e. The van der Waals surface area contributed by atoms with Crippen molar-refractivity contribution in [2.24, 2.45) is 0 Å². The quantitative estimate of drug-likeness (QED) is 0.434. The Labute approximate surface area is 140 Å². The lowest BCUT2D eigenvalue weighted by atomic mass is 10.2. The zero-order chi connectivity index (χ0) is 16.0. The number of nitriles is 1. The van der Waals surface area contributed by atoms with Crippen LogP contribution in [0.3, 0.4) is 0 Å². The first-order valence-corrected chi connectivity index (χ1v) is 7.87. The third kappa shape index (κ3) is 2.05. The van der Waals surface area contributed by atoms with E-state index in [9.17, 15) is 4.39 Å². The molecule has 0 aliphatic rings. The van der Waals surface area contributed by atoms with Gasteiger partial charge in [0, 0.05) is 10.8 Å². The highest BCUT2D eigenvalue weighted by Gasteiger charge is 2.16. The average Bonchev–Trinajstić information content (AvgIpc) is 2.92. The van der Waals surface area contributed by atoms with Crippen LogP contribution >= 0.6 is 15.9 Å². The molecule has 4 rings (SSSR count). The molecule has 0 radical (unpaired) electrons. The highest BCUT2D eigenvalue weighted by atomic mass is 79.9. The Morgan fingerprint density at radius 2 is 1.48 bits per heavy atom. The molecule has 0 aliphatic carbocycles. The fourth-order valence-corrected chi connectivity index (χ4v) is 3.39. The molecule has 0 atom stereocenters. The molecule has 0 fully saturated rings. The van der Waals surface area contributed by atoms with Crippen molar-refractivity contribution in [1.29, 1.82) is 5.26 Å². The van der Waals surface area contributed by atoms with Gasteiger partial charge in [-0.2, -0.15) is 5.26 Å². The summed E-state index contributed by atoms with van der Waals surface area (Å²) in [6.07, 6.45) is 0. The van der Waals surface area contributed by atoms with Crippen LogP contribution in [-0.4, -0.2) is 4.57 Å².